The molecule has 0 aromatic heterocycles. The summed E-state index contributed by atoms with van der Waals surface area (Å²) in [5.41, 5.74) is 1.37. The molecule has 3 fully saturated rings. The minimum Gasteiger partial charge on any atom is -0.381 e. The maximum absolute atomic E-state index is 6.13. The van der Waals surface area contributed by atoms with Gasteiger partial charge in [-0.1, -0.05) is 30.3 Å². The number of ether oxygens (including phenoxy) is 2. The van der Waals surface area contributed by atoms with Crippen molar-refractivity contribution in [1.82, 2.24) is 15.1 Å². The Balaban J connectivity index is 0.00000256. The minimum absolute atomic E-state index is 0. The first-order valence-electron chi connectivity index (χ1n) is 11.3. The molecule has 0 spiro atoms. The van der Waals surface area contributed by atoms with Crippen LogP contribution >= 0.6 is 24.0 Å². The van der Waals surface area contributed by atoms with E-state index in [0.717, 1.165) is 77.4 Å². The van der Waals surface area contributed by atoms with Crippen LogP contribution in [0.1, 0.15) is 31.7 Å². The lowest BCUT2D eigenvalue weighted by atomic mass is 10.1. The molecule has 6 nitrogen and oxygen atoms in total. The summed E-state index contributed by atoms with van der Waals surface area (Å²) in [7, 11) is 0. The van der Waals surface area contributed by atoms with Gasteiger partial charge >= 0.3 is 0 Å². The summed E-state index contributed by atoms with van der Waals surface area (Å²) < 4.78 is 11.9. The molecule has 1 aromatic rings. The average Bonchev–Trinajstić information content (AvgIpc) is 3.46. The summed E-state index contributed by atoms with van der Waals surface area (Å²) in [5.74, 6) is 1.86. The Labute approximate surface area is 198 Å². The third-order valence-electron chi connectivity index (χ3n) is 6.04. The largest absolute Gasteiger partial charge is 0.381 e. The van der Waals surface area contributed by atoms with Gasteiger partial charge in [-0.15, -0.1) is 24.0 Å². The second kappa shape index (κ2) is 12.2. The molecule has 2 heterocycles. The normalized spacial score (nSPS) is 24.4. The third kappa shape index (κ3) is 6.80. The van der Waals surface area contributed by atoms with Crippen molar-refractivity contribution in [1.29, 1.82) is 0 Å². The Bertz CT molecular complexity index is 656. The van der Waals surface area contributed by atoms with Crippen LogP contribution in [-0.2, 0) is 16.0 Å². The van der Waals surface area contributed by atoms with Crippen molar-refractivity contribution in [3.05, 3.63) is 35.9 Å². The molecule has 1 aromatic carbocycles. The van der Waals surface area contributed by atoms with E-state index >= 15 is 0 Å². The van der Waals surface area contributed by atoms with Crippen LogP contribution in [0.15, 0.2) is 35.3 Å². The Kier molecular flexibility index (Phi) is 9.67. The smallest absolute Gasteiger partial charge is 0.194 e. The zero-order chi connectivity index (χ0) is 19.9. The number of nitrogens with zero attached hydrogens (tertiary/aromatic N) is 3. The van der Waals surface area contributed by atoms with Crippen molar-refractivity contribution in [2.24, 2.45) is 10.9 Å². The molecule has 7 heteroatoms. The number of nitrogens with one attached hydrogen (secondary N) is 1. The average molecular weight is 528 g/mol. The zero-order valence-corrected chi connectivity index (χ0v) is 20.5. The van der Waals surface area contributed by atoms with Crippen LogP contribution in [0.5, 0.6) is 0 Å². The molecule has 0 amide bonds. The van der Waals surface area contributed by atoms with E-state index in [1.165, 1.54) is 18.4 Å². The van der Waals surface area contributed by atoms with Crippen LogP contribution in [0.25, 0.3) is 0 Å². The van der Waals surface area contributed by atoms with Crippen LogP contribution in [0.3, 0.4) is 0 Å². The van der Waals surface area contributed by atoms with Crippen LogP contribution in [-0.4, -0.2) is 80.4 Å². The Morgan fingerprint density at radius 3 is 2.83 bits per heavy atom. The number of rotatable bonds is 9. The van der Waals surface area contributed by atoms with E-state index in [9.17, 15) is 0 Å². The van der Waals surface area contributed by atoms with Crippen molar-refractivity contribution < 1.29 is 9.47 Å². The maximum atomic E-state index is 6.13. The van der Waals surface area contributed by atoms with Crippen molar-refractivity contribution in [3.63, 3.8) is 0 Å². The number of halogens is 1. The lowest BCUT2D eigenvalue weighted by Crippen LogP contribution is -2.50. The topological polar surface area (TPSA) is 49.3 Å². The van der Waals surface area contributed by atoms with Crippen molar-refractivity contribution in [3.8, 4) is 0 Å². The molecule has 2 unspecified atom stereocenters. The van der Waals surface area contributed by atoms with Crippen LogP contribution in [0.4, 0.5) is 0 Å². The Morgan fingerprint density at radius 2 is 2.07 bits per heavy atom. The minimum atomic E-state index is 0. The van der Waals surface area contributed by atoms with Crippen LogP contribution in [0.2, 0.25) is 0 Å². The molecule has 0 bridgehead atoms. The van der Waals surface area contributed by atoms with Crippen molar-refractivity contribution in [2.45, 2.75) is 44.9 Å². The standard InChI is InChI=1S/C23H36N4O2.HI/c1-2-24-23(25-11-6-13-28-18-20-9-10-20)27-16-21-22(17-27)29-14-12-26(21)15-19-7-4-3-5-8-19;/h3-5,7-8,20-22H,2,6,9-18H2,1H3,(H,24,25);1H. The molecular weight excluding hydrogens is 491 g/mol. The monoisotopic (exact) mass is 528 g/mol. The lowest BCUT2D eigenvalue weighted by Gasteiger charge is -2.36. The number of guanidine groups is 1. The molecule has 1 aliphatic carbocycles. The van der Waals surface area contributed by atoms with Gasteiger partial charge in [-0.2, -0.15) is 0 Å². The molecule has 3 aliphatic rings. The number of benzene rings is 1. The van der Waals surface area contributed by atoms with Gasteiger partial charge < -0.3 is 19.7 Å². The first kappa shape index (κ1) is 23.8. The summed E-state index contributed by atoms with van der Waals surface area (Å²) >= 11 is 0. The predicted octanol–water partition coefficient (Wildman–Crippen LogP) is 2.97. The van der Waals surface area contributed by atoms with E-state index < -0.39 is 0 Å². The molecule has 168 valence electrons. The quantitative estimate of drug-likeness (QED) is 0.231. The van der Waals surface area contributed by atoms with E-state index in [1.807, 2.05) is 0 Å². The molecule has 30 heavy (non-hydrogen) atoms. The number of hydrogen-bond acceptors (Lipinski definition) is 4. The number of hydrogen-bond donors (Lipinski definition) is 1. The lowest BCUT2D eigenvalue weighted by molar-refractivity contribution is -0.0502. The van der Waals surface area contributed by atoms with Gasteiger partial charge in [0.2, 0.25) is 0 Å². The highest BCUT2D eigenvalue weighted by atomic mass is 127. The fourth-order valence-electron chi connectivity index (χ4n) is 4.26. The summed E-state index contributed by atoms with van der Waals surface area (Å²) in [6.45, 7) is 10.3. The molecular formula is C23H37IN4O2. The van der Waals surface area contributed by atoms with Crippen LogP contribution in [0, 0.1) is 5.92 Å². The number of fused-ring (bicyclic) bond motifs is 1. The fourth-order valence-corrected chi connectivity index (χ4v) is 4.26. The van der Waals surface area contributed by atoms with E-state index in [-0.39, 0.29) is 30.1 Å². The summed E-state index contributed by atoms with van der Waals surface area (Å²) in [4.78, 5) is 9.84. The molecule has 0 radical (unpaired) electrons. The van der Waals surface area contributed by atoms with Crippen molar-refractivity contribution >= 4 is 29.9 Å². The molecule has 1 N–H and O–H groups in total. The zero-order valence-electron chi connectivity index (χ0n) is 18.2. The van der Waals surface area contributed by atoms with Gasteiger partial charge in [-0.25, -0.2) is 0 Å². The van der Waals surface area contributed by atoms with Gasteiger partial charge in [0.05, 0.1) is 18.8 Å². The maximum Gasteiger partial charge on any atom is 0.194 e. The van der Waals surface area contributed by atoms with Crippen LogP contribution < -0.4 is 5.32 Å². The molecule has 2 aliphatic heterocycles. The van der Waals surface area contributed by atoms with Gasteiger partial charge in [0.1, 0.15) is 0 Å². The molecule has 2 saturated heterocycles. The second-order valence-electron chi connectivity index (χ2n) is 8.45. The van der Waals surface area contributed by atoms with E-state index in [0.29, 0.717) is 6.04 Å². The number of likely N-dealkylation sites (tertiary alicyclic amines) is 1. The highest BCUT2D eigenvalue weighted by Gasteiger charge is 2.41. The van der Waals surface area contributed by atoms with Gasteiger partial charge in [-0.3, -0.25) is 9.89 Å². The summed E-state index contributed by atoms with van der Waals surface area (Å²) in [6.07, 6.45) is 3.95. The van der Waals surface area contributed by atoms with E-state index in [2.05, 4.69) is 52.4 Å². The molecule has 4 rings (SSSR count). The fraction of sp³-hybridized carbons (Fsp3) is 0.696. The number of morpholine rings is 1. The van der Waals surface area contributed by atoms with Gasteiger partial charge in [0, 0.05) is 52.5 Å². The van der Waals surface area contributed by atoms with Gasteiger partial charge in [0.25, 0.3) is 0 Å². The Hall–Kier alpha value is -0.900. The summed E-state index contributed by atoms with van der Waals surface area (Å²) in [5, 5.41) is 3.48. The van der Waals surface area contributed by atoms with E-state index in [1.54, 1.807) is 0 Å². The third-order valence-corrected chi connectivity index (χ3v) is 6.04. The highest BCUT2D eigenvalue weighted by Crippen LogP contribution is 2.28. The van der Waals surface area contributed by atoms with E-state index in [4.69, 9.17) is 14.5 Å². The van der Waals surface area contributed by atoms with Crippen molar-refractivity contribution in [2.75, 3.05) is 52.5 Å². The molecule has 2 atom stereocenters. The summed E-state index contributed by atoms with van der Waals surface area (Å²) in [6, 6.07) is 11.2. The first-order chi connectivity index (χ1) is 14.3. The number of aliphatic imine (C=N–C) groups is 1. The molecule has 1 saturated carbocycles. The van der Waals surface area contributed by atoms with Gasteiger partial charge in [-0.05, 0) is 37.7 Å². The first-order valence-corrected chi connectivity index (χ1v) is 11.3. The SMILES string of the molecule is CCNC(=NCCCOCC1CC1)N1CC2OCCN(Cc3ccccc3)C2C1.I. The second-order valence-corrected chi connectivity index (χ2v) is 8.45. The highest BCUT2D eigenvalue weighted by molar-refractivity contribution is 14.0. The Morgan fingerprint density at radius 1 is 1.23 bits per heavy atom. The van der Waals surface area contributed by atoms with Gasteiger partial charge in [0.15, 0.2) is 5.96 Å². The predicted molar refractivity (Wildman–Crippen MR) is 132 cm³/mol.